The molecule has 132 valence electrons. The zero-order valence-corrected chi connectivity index (χ0v) is 15.0. The lowest BCUT2D eigenvalue weighted by Crippen LogP contribution is -2.08. The van der Waals surface area contributed by atoms with E-state index in [0.29, 0.717) is 17.9 Å². The van der Waals surface area contributed by atoms with Crippen molar-refractivity contribution in [3.05, 3.63) is 42.9 Å². The third-order valence-electron chi connectivity index (χ3n) is 3.85. The quantitative estimate of drug-likeness (QED) is 0.652. The number of anilines is 2. The minimum absolute atomic E-state index is 0.0759. The lowest BCUT2D eigenvalue weighted by Gasteiger charge is -2.09. The van der Waals surface area contributed by atoms with Crippen LogP contribution in [0.4, 0.5) is 11.4 Å². The fraction of sp³-hybridized carbons (Fsp3) is 0.294. The first-order chi connectivity index (χ1) is 12.0. The fourth-order valence-electron chi connectivity index (χ4n) is 2.54. The first-order valence-corrected chi connectivity index (χ1v) is 9.51. The van der Waals surface area contributed by atoms with Gasteiger partial charge in [-0.05, 0) is 36.8 Å². The van der Waals surface area contributed by atoms with Crippen molar-refractivity contribution in [1.82, 2.24) is 14.5 Å². The van der Waals surface area contributed by atoms with Gasteiger partial charge in [0.2, 0.25) is 0 Å². The van der Waals surface area contributed by atoms with E-state index in [1.807, 2.05) is 17.7 Å². The Morgan fingerprint density at radius 1 is 1.16 bits per heavy atom. The lowest BCUT2D eigenvalue weighted by atomic mass is 10.3. The summed E-state index contributed by atoms with van der Waals surface area (Å²) in [4.78, 5) is 8.95. The summed E-state index contributed by atoms with van der Waals surface area (Å²) in [5.74, 6) is 0.0759. The third-order valence-corrected chi connectivity index (χ3v) is 5.67. The minimum atomic E-state index is -3.29. The van der Waals surface area contributed by atoms with Gasteiger partial charge >= 0.3 is 0 Å². The topological polar surface area (TPSA) is 86.1 Å². The number of benzene rings is 1. The molecule has 0 spiro atoms. The Morgan fingerprint density at radius 2 is 1.92 bits per heavy atom. The summed E-state index contributed by atoms with van der Waals surface area (Å²) in [6, 6.07) is 8.56. The predicted octanol–water partition coefficient (Wildman–Crippen LogP) is 2.52. The molecule has 1 N–H and O–H groups in total. The van der Waals surface area contributed by atoms with Crippen molar-refractivity contribution < 1.29 is 13.2 Å². The molecule has 0 aliphatic carbocycles. The summed E-state index contributed by atoms with van der Waals surface area (Å²) in [5, 5.41) is 3.26. The second-order valence-electron chi connectivity index (χ2n) is 5.70. The molecular weight excluding hydrogens is 340 g/mol. The van der Waals surface area contributed by atoms with Gasteiger partial charge in [-0.25, -0.2) is 18.4 Å². The molecule has 0 radical (unpaired) electrons. The average molecular weight is 360 g/mol. The van der Waals surface area contributed by atoms with Crippen LogP contribution in [0.2, 0.25) is 0 Å². The Balaban J connectivity index is 1.78. The number of methoxy groups -OCH3 is 1. The van der Waals surface area contributed by atoms with E-state index in [1.54, 1.807) is 43.9 Å². The lowest BCUT2D eigenvalue weighted by molar-refractivity contribution is 0.199. The third kappa shape index (κ3) is 3.80. The number of fused-ring (bicyclic) bond motifs is 1. The molecular formula is C17H20N4O3S. The summed E-state index contributed by atoms with van der Waals surface area (Å²) < 4.78 is 31.3. The highest BCUT2D eigenvalue weighted by molar-refractivity contribution is 7.91. The van der Waals surface area contributed by atoms with E-state index in [1.165, 1.54) is 0 Å². The summed E-state index contributed by atoms with van der Waals surface area (Å²) in [5.41, 5.74) is 3.15. The summed E-state index contributed by atoms with van der Waals surface area (Å²) in [6.45, 7) is 0.432. The first kappa shape index (κ1) is 17.4. The van der Waals surface area contributed by atoms with Gasteiger partial charge < -0.3 is 14.6 Å². The average Bonchev–Trinajstić information content (AvgIpc) is 2.98. The van der Waals surface area contributed by atoms with Crippen molar-refractivity contribution in [3.8, 4) is 0 Å². The van der Waals surface area contributed by atoms with Gasteiger partial charge in [-0.2, -0.15) is 0 Å². The van der Waals surface area contributed by atoms with Crippen LogP contribution in [0.15, 0.2) is 47.8 Å². The molecule has 25 heavy (non-hydrogen) atoms. The molecule has 8 heteroatoms. The zero-order chi connectivity index (χ0) is 17.9. The molecule has 1 aromatic carbocycles. The van der Waals surface area contributed by atoms with Crippen LogP contribution in [-0.2, 0) is 21.6 Å². The Morgan fingerprint density at radius 3 is 2.64 bits per heavy atom. The number of aromatic nitrogens is 3. The van der Waals surface area contributed by atoms with Crippen LogP contribution >= 0.6 is 0 Å². The molecule has 0 saturated heterocycles. The van der Waals surface area contributed by atoms with E-state index in [2.05, 4.69) is 15.3 Å². The van der Waals surface area contributed by atoms with Gasteiger partial charge in [-0.15, -0.1) is 0 Å². The van der Waals surface area contributed by atoms with Crippen LogP contribution in [0, 0.1) is 0 Å². The monoisotopic (exact) mass is 360 g/mol. The summed E-state index contributed by atoms with van der Waals surface area (Å²) in [7, 11) is 0.158. The summed E-state index contributed by atoms with van der Waals surface area (Å²) in [6.07, 6.45) is 3.90. The van der Waals surface area contributed by atoms with Gasteiger partial charge in [0.1, 0.15) is 5.52 Å². The van der Waals surface area contributed by atoms with Gasteiger partial charge in [0.15, 0.2) is 15.5 Å². The van der Waals surface area contributed by atoms with Gasteiger partial charge in [-0.1, -0.05) is 0 Å². The van der Waals surface area contributed by atoms with Gasteiger partial charge in [-0.3, -0.25) is 0 Å². The van der Waals surface area contributed by atoms with Gasteiger partial charge in [0, 0.05) is 32.6 Å². The number of nitrogens with zero attached hydrogens (tertiary/aromatic N) is 3. The second kappa shape index (κ2) is 7.20. The molecule has 0 amide bonds. The van der Waals surface area contributed by atoms with Crippen molar-refractivity contribution in [3.63, 3.8) is 0 Å². The van der Waals surface area contributed by atoms with Crippen molar-refractivity contribution in [1.29, 1.82) is 0 Å². The van der Waals surface area contributed by atoms with Gasteiger partial charge in [0.25, 0.3) is 0 Å². The predicted molar refractivity (Wildman–Crippen MR) is 96.8 cm³/mol. The molecule has 0 aliphatic rings. The van der Waals surface area contributed by atoms with Crippen molar-refractivity contribution >= 4 is 32.4 Å². The zero-order valence-electron chi connectivity index (χ0n) is 14.1. The molecule has 3 rings (SSSR count). The molecule has 3 aromatic rings. The second-order valence-corrected chi connectivity index (χ2v) is 7.81. The number of sulfone groups is 1. The minimum Gasteiger partial charge on any atom is -0.385 e. The Labute approximate surface area is 146 Å². The first-order valence-electron chi connectivity index (χ1n) is 7.86. The molecule has 0 bridgehead atoms. The number of imidazole rings is 1. The Bertz CT molecular complexity index is 965. The fourth-order valence-corrected chi connectivity index (χ4v) is 3.82. The van der Waals surface area contributed by atoms with E-state index in [9.17, 15) is 8.42 Å². The van der Waals surface area contributed by atoms with Crippen molar-refractivity contribution in [2.75, 3.05) is 24.8 Å². The SMILES string of the molecule is COCCCS(=O)(=O)c1ccc(Nc2ccnc3c2ncn3C)cc1. The van der Waals surface area contributed by atoms with Crippen LogP contribution < -0.4 is 5.32 Å². The molecule has 2 aromatic heterocycles. The normalized spacial score (nSPS) is 11.8. The van der Waals surface area contributed by atoms with Gasteiger partial charge in [0.05, 0.1) is 22.7 Å². The van der Waals surface area contributed by atoms with Crippen molar-refractivity contribution in [2.45, 2.75) is 11.3 Å². The number of pyridine rings is 1. The number of rotatable bonds is 7. The van der Waals surface area contributed by atoms with Crippen LogP contribution in [-0.4, -0.2) is 42.4 Å². The maximum atomic E-state index is 12.3. The van der Waals surface area contributed by atoms with Crippen LogP contribution in [0.3, 0.4) is 0 Å². The molecule has 2 heterocycles. The smallest absolute Gasteiger partial charge is 0.178 e. The largest absolute Gasteiger partial charge is 0.385 e. The molecule has 0 atom stereocenters. The van der Waals surface area contributed by atoms with E-state index >= 15 is 0 Å². The van der Waals surface area contributed by atoms with E-state index < -0.39 is 9.84 Å². The van der Waals surface area contributed by atoms with Crippen LogP contribution in [0.25, 0.3) is 11.2 Å². The summed E-state index contributed by atoms with van der Waals surface area (Å²) >= 11 is 0. The van der Waals surface area contributed by atoms with E-state index in [4.69, 9.17) is 4.74 Å². The molecule has 0 unspecified atom stereocenters. The van der Waals surface area contributed by atoms with Crippen LogP contribution in [0.5, 0.6) is 0 Å². The van der Waals surface area contributed by atoms with Crippen molar-refractivity contribution in [2.24, 2.45) is 7.05 Å². The van der Waals surface area contributed by atoms with Crippen LogP contribution in [0.1, 0.15) is 6.42 Å². The maximum Gasteiger partial charge on any atom is 0.178 e. The standard InChI is InChI=1S/C17H20N4O3S/c1-21-12-19-16-15(8-9-18-17(16)21)20-13-4-6-14(7-5-13)25(22,23)11-3-10-24-2/h4-9,12H,3,10-11H2,1-2H3,(H,18,20). The Kier molecular flexibility index (Phi) is 5.00. The molecule has 0 fully saturated rings. The van der Waals surface area contributed by atoms with E-state index in [0.717, 1.165) is 22.5 Å². The highest BCUT2D eigenvalue weighted by Gasteiger charge is 2.14. The number of hydrogen-bond acceptors (Lipinski definition) is 6. The number of nitrogens with one attached hydrogen (secondary N) is 1. The number of aryl methyl sites for hydroxylation is 1. The Hall–Kier alpha value is -2.45. The number of ether oxygens (including phenoxy) is 1. The number of hydrogen-bond donors (Lipinski definition) is 1. The maximum absolute atomic E-state index is 12.3. The molecule has 7 nitrogen and oxygen atoms in total. The highest BCUT2D eigenvalue weighted by Crippen LogP contribution is 2.24. The highest BCUT2D eigenvalue weighted by atomic mass is 32.2. The van der Waals surface area contributed by atoms with E-state index in [-0.39, 0.29) is 5.75 Å². The molecule has 0 aliphatic heterocycles. The molecule has 0 saturated carbocycles.